The molecule has 1 aromatic carbocycles. The topological polar surface area (TPSA) is 109 Å². The molecule has 0 bridgehead atoms. The highest BCUT2D eigenvalue weighted by atomic mass is 16.5. The van der Waals surface area contributed by atoms with E-state index < -0.39 is 18.0 Å². The van der Waals surface area contributed by atoms with Gasteiger partial charge in [0.1, 0.15) is 5.75 Å². The standard InChI is InChI=1S/C26H32N4O4/c1-34-20-7-8-24-22(16-20)21(10-13-27-24)25(31)9-6-18-11-15-30(17-23(18)26(32)33)14-3-5-19-4-2-12-28-29-19/h2,4,7-8,10,12-13,16,18,23,25,31H,3,5-6,9,11,14-15,17H2,1H3,(H,32,33)/t18-,23+,25-/m1/s1. The van der Waals surface area contributed by atoms with Crippen LogP contribution < -0.4 is 4.74 Å². The smallest absolute Gasteiger partial charge is 0.308 e. The van der Waals surface area contributed by atoms with E-state index in [0.29, 0.717) is 25.1 Å². The number of ether oxygens (including phenoxy) is 1. The van der Waals surface area contributed by atoms with Crippen molar-refractivity contribution in [3.05, 3.63) is 60.0 Å². The lowest BCUT2D eigenvalue weighted by atomic mass is 9.81. The molecule has 0 aliphatic carbocycles. The number of aromatic nitrogens is 3. The Labute approximate surface area is 199 Å². The van der Waals surface area contributed by atoms with Gasteiger partial charge in [0.05, 0.1) is 30.3 Å². The number of carbonyl (C=O) groups is 1. The third-order valence-corrected chi connectivity index (χ3v) is 6.84. The van der Waals surface area contributed by atoms with Crippen molar-refractivity contribution in [3.63, 3.8) is 0 Å². The number of hydrogen-bond donors (Lipinski definition) is 2. The van der Waals surface area contributed by atoms with Gasteiger partial charge in [-0.3, -0.25) is 9.78 Å². The second kappa shape index (κ2) is 11.4. The molecule has 0 radical (unpaired) electrons. The maximum Gasteiger partial charge on any atom is 0.308 e. The van der Waals surface area contributed by atoms with Gasteiger partial charge in [0, 0.05) is 24.3 Å². The summed E-state index contributed by atoms with van der Waals surface area (Å²) in [6.45, 7) is 2.27. The van der Waals surface area contributed by atoms with E-state index in [0.717, 1.165) is 54.5 Å². The minimum Gasteiger partial charge on any atom is -0.497 e. The second-order valence-electron chi connectivity index (χ2n) is 8.99. The van der Waals surface area contributed by atoms with E-state index in [-0.39, 0.29) is 5.92 Å². The number of aliphatic hydroxyl groups is 1. The Morgan fingerprint density at radius 1 is 1.26 bits per heavy atom. The van der Waals surface area contributed by atoms with Crippen LogP contribution in [0.2, 0.25) is 0 Å². The highest BCUT2D eigenvalue weighted by Gasteiger charge is 2.34. The number of aryl methyl sites for hydroxylation is 1. The molecule has 1 fully saturated rings. The molecule has 8 heteroatoms. The van der Waals surface area contributed by atoms with Gasteiger partial charge in [-0.25, -0.2) is 0 Å². The number of likely N-dealkylation sites (tertiary alicyclic amines) is 1. The number of piperidine rings is 1. The highest BCUT2D eigenvalue weighted by Crippen LogP contribution is 2.33. The van der Waals surface area contributed by atoms with Crippen molar-refractivity contribution in [3.8, 4) is 5.75 Å². The molecule has 0 unspecified atom stereocenters. The zero-order valence-electron chi connectivity index (χ0n) is 19.5. The lowest BCUT2D eigenvalue weighted by Crippen LogP contribution is -2.44. The summed E-state index contributed by atoms with van der Waals surface area (Å²) in [5.41, 5.74) is 2.56. The number of hydrogen-bond acceptors (Lipinski definition) is 7. The molecule has 3 heterocycles. The van der Waals surface area contributed by atoms with Crippen LogP contribution in [0.25, 0.3) is 10.9 Å². The molecular formula is C26H32N4O4. The predicted molar refractivity (Wildman–Crippen MR) is 129 cm³/mol. The number of fused-ring (bicyclic) bond motifs is 1. The molecule has 0 spiro atoms. The molecule has 2 N–H and O–H groups in total. The van der Waals surface area contributed by atoms with Crippen molar-refractivity contribution >= 4 is 16.9 Å². The van der Waals surface area contributed by atoms with Gasteiger partial charge >= 0.3 is 5.97 Å². The van der Waals surface area contributed by atoms with E-state index in [9.17, 15) is 15.0 Å². The molecule has 4 rings (SSSR count). The maximum absolute atomic E-state index is 12.0. The van der Waals surface area contributed by atoms with Crippen LogP contribution >= 0.6 is 0 Å². The molecule has 1 aliphatic rings. The summed E-state index contributed by atoms with van der Waals surface area (Å²) in [5, 5.41) is 29.7. The van der Waals surface area contributed by atoms with Crippen LogP contribution in [-0.4, -0.2) is 63.0 Å². The van der Waals surface area contributed by atoms with Gasteiger partial charge < -0.3 is 19.8 Å². The van der Waals surface area contributed by atoms with Crippen LogP contribution in [0, 0.1) is 11.8 Å². The van der Waals surface area contributed by atoms with Crippen LogP contribution in [-0.2, 0) is 11.2 Å². The zero-order chi connectivity index (χ0) is 23.9. The lowest BCUT2D eigenvalue weighted by Gasteiger charge is -2.37. The number of nitrogens with zero attached hydrogens (tertiary/aromatic N) is 4. The van der Waals surface area contributed by atoms with Crippen molar-refractivity contribution in [1.29, 1.82) is 0 Å². The number of benzene rings is 1. The normalized spacial score (nSPS) is 19.7. The Hall–Kier alpha value is -3.10. The van der Waals surface area contributed by atoms with Crippen molar-refractivity contribution in [1.82, 2.24) is 20.1 Å². The van der Waals surface area contributed by atoms with Crippen molar-refractivity contribution < 1.29 is 19.7 Å². The number of methoxy groups -OCH3 is 1. The lowest BCUT2D eigenvalue weighted by molar-refractivity contribution is -0.146. The first kappa shape index (κ1) is 24.0. The molecule has 1 aliphatic heterocycles. The van der Waals surface area contributed by atoms with Crippen LogP contribution in [0.1, 0.15) is 43.0 Å². The Balaban J connectivity index is 1.34. The van der Waals surface area contributed by atoms with Gasteiger partial charge in [0.15, 0.2) is 0 Å². The Morgan fingerprint density at radius 3 is 2.91 bits per heavy atom. The summed E-state index contributed by atoms with van der Waals surface area (Å²) < 4.78 is 5.33. The Bertz CT molecular complexity index is 1090. The number of rotatable bonds is 10. The average molecular weight is 465 g/mol. The Morgan fingerprint density at radius 2 is 2.15 bits per heavy atom. The quantitative estimate of drug-likeness (QED) is 0.469. The Kier molecular flexibility index (Phi) is 8.03. The predicted octanol–water partition coefficient (Wildman–Crippen LogP) is 3.50. The summed E-state index contributed by atoms with van der Waals surface area (Å²) in [5.74, 6) is -0.415. The summed E-state index contributed by atoms with van der Waals surface area (Å²) >= 11 is 0. The largest absolute Gasteiger partial charge is 0.497 e. The number of carboxylic acid groups (broad SMARTS) is 1. The summed E-state index contributed by atoms with van der Waals surface area (Å²) in [7, 11) is 1.61. The fraction of sp³-hybridized carbons (Fsp3) is 0.462. The number of carboxylic acids is 1. The molecule has 8 nitrogen and oxygen atoms in total. The van der Waals surface area contributed by atoms with Crippen molar-refractivity contribution in [2.75, 3.05) is 26.7 Å². The monoisotopic (exact) mass is 464 g/mol. The van der Waals surface area contributed by atoms with Gasteiger partial charge in [-0.2, -0.15) is 10.2 Å². The van der Waals surface area contributed by atoms with Crippen LogP contribution in [0.3, 0.4) is 0 Å². The van der Waals surface area contributed by atoms with Gasteiger partial charge in [-0.05, 0) is 93.1 Å². The van der Waals surface area contributed by atoms with Crippen LogP contribution in [0.15, 0.2) is 48.8 Å². The minimum atomic E-state index is -0.753. The molecule has 0 amide bonds. The molecule has 180 valence electrons. The molecule has 1 saturated heterocycles. The fourth-order valence-corrected chi connectivity index (χ4v) is 4.94. The molecule has 34 heavy (non-hydrogen) atoms. The summed E-state index contributed by atoms with van der Waals surface area (Å²) in [4.78, 5) is 18.7. The summed E-state index contributed by atoms with van der Waals surface area (Å²) in [6, 6.07) is 11.3. The van der Waals surface area contributed by atoms with E-state index in [1.807, 2.05) is 36.4 Å². The SMILES string of the molecule is COc1ccc2nccc([C@H](O)CC[C@@H]3CCN(CCCc4cccnn4)C[C@@H]3C(=O)O)c2c1. The van der Waals surface area contributed by atoms with Gasteiger partial charge in [0.25, 0.3) is 0 Å². The fourth-order valence-electron chi connectivity index (χ4n) is 4.94. The molecule has 0 saturated carbocycles. The molecule has 3 aromatic rings. The minimum absolute atomic E-state index is 0.0472. The molecule has 2 aromatic heterocycles. The number of pyridine rings is 1. The first-order chi connectivity index (χ1) is 16.5. The maximum atomic E-state index is 12.0. The molecular weight excluding hydrogens is 432 g/mol. The van der Waals surface area contributed by atoms with Gasteiger partial charge in [-0.15, -0.1) is 0 Å². The zero-order valence-corrected chi connectivity index (χ0v) is 19.5. The van der Waals surface area contributed by atoms with E-state index in [1.165, 1.54) is 0 Å². The third-order valence-electron chi connectivity index (χ3n) is 6.84. The first-order valence-corrected chi connectivity index (χ1v) is 11.9. The first-order valence-electron chi connectivity index (χ1n) is 11.9. The van der Waals surface area contributed by atoms with E-state index >= 15 is 0 Å². The van der Waals surface area contributed by atoms with Gasteiger partial charge in [-0.1, -0.05) is 0 Å². The van der Waals surface area contributed by atoms with Crippen LogP contribution in [0.5, 0.6) is 5.75 Å². The third kappa shape index (κ3) is 5.87. The number of aliphatic hydroxyl groups excluding tert-OH is 1. The van der Waals surface area contributed by atoms with E-state index in [2.05, 4.69) is 20.1 Å². The van der Waals surface area contributed by atoms with Crippen molar-refractivity contribution in [2.24, 2.45) is 11.8 Å². The van der Waals surface area contributed by atoms with Crippen molar-refractivity contribution in [2.45, 2.75) is 38.2 Å². The second-order valence-corrected chi connectivity index (χ2v) is 8.99. The van der Waals surface area contributed by atoms with E-state index in [1.54, 1.807) is 19.5 Å². The van der Waals surface area contributed by atoms with Crippen LogP contribution in [0.4, 0.5) is 0 Å². The summed E-state index contributed by atoms with van der Waals surface area (Å²) in [6.07, 6.45) is 6.44. The average Bonchev–Trinajstić information content (AvgIpc) is 2.87. The highest BCUT2D eigenvalue weighted by molar-refractivity contribution is 5.83. The van der Waals surface area contributed by atoms with E-state index in [4.69, 9.17) is 4.74 Å². The number of aliphatic carboxylic acids is 1. The van der Waals surface area contributed by atoms with Gasteiger partial charge in [0.2, 0.25) is 0 Å². The molecule has 3 atom stereocenters.